The van der Waals surface area contributed by atoms with Gasteiger partial charge < -0.3 is 20.1 Å². The molecular weight excluding hydrogens is 396 g/mol. The van der Waals surface area contributed by atoms with E-state index in [9.17, 15) is 5.11 Å². The summed E-state index contributed by atoms with van der Waals surface area (Å²) in [4.78, 5) is 2.27. The second-order valence-corrected chi connectivity index (χ2v) is 10.5. The molecule has 6 nitrogen and oxygen atoms in total. The molecule has 0 aliphatic carbocycles. The van der Waals surface area contributed by atoms with Gasteiger partial charge in [-0.05, 0) is 75.6 Å². The zero-order valence-corrected chi connectivity index (χ0v) is 19.3. The second-order valence-electron chi connectivity index (χ2n) is 9.54. The third kappa shape index (κ3) is 4.09. The standard InChI is InChI=1S/C23H30N4O2S/c1-22(2)12-16(13-23(3,4)26-22)27(5)21-25-24-20(30-21)18-10-14-7-8-17(28)9-15(14)11-19(18)29-6/h7-11,16,26,28H,12-13H2,1-6H3. The first-order chi connectivity index (χ1) is 14.1. The van der Waals surface area contributed by atoms with E-state index < -0.39 is 0 Å². The minimum atomic E-state index is 0.0708. The SMILES string of the molecule is COc1cc2cc(O)ccc2cc1-c1nnc(N(C)C2CC(C)(C)NC(C)(C)C2)s1. The summed E-state index contributed by atoms with van der Waals surface area (Å²) in [6.07, 6.45) is 2.09. The maximum Gasteiger partial charge on any atom is 0.208 e. The smallest absolute Gasteiger partial charge is 0.208 e. The van der Waals surface area contributed by atoms with Crippen molar-refractivity contribution in [2.75, 3.05) is 19.1 Å². The second kappa shape index (κ2) is 7.39. The molecule has 160 valence electrons. The van der Waals surface area contributed by atoms with E-state index in [1.54, 1.807) is 30.6 Å². The van der Waals surface area contributed by atoms with Crippen molar-refractivity contribution in [3.63, 3.8) is 0 Å². The summed E-state index contributed by atoms with van der Waals surface area (Å²) in [6, 6.07) is 9.71. The lowest BCUT2D eigenvalue weighted by molar-refractivity contribution is 0.161. The molecule has 3 aromatic rings. The van der Waals surface area contributed by atoms with Crippen LogP contribution < -0.4 is 15.0 Å². The molecule has 2 aromatic carbocycles. The van der Waals surface area contributed by atoms with E-state index in [0.717, 1.165) is 45.1 Å². The summed E-state index contributed by atoms with van der Waals surface area (Å²) in [7, 11) is 3.77. The zero-order valence-electron chi connectivity index (χ0n) is 18.5. The monoisotopic (exact) mass is 426 g/mol. The number of aromatic nitrogens is 2. The van der Waals surface area contributed by atoms with Crippen molar-refractivity contribution in [1.82, 2.24) is 15.5 Å². The van der Waals surface area contributed by atoms with Crippen LogP contribution in [0, 0.1) is 0 Å². The number of nitrogens with zero attached hydrogens (tertiary/aromatic N) is 3. The summed E-state index contributed by atoms with van der Waals surface area (Å²) in [5.74, 6) is 0.965. The van der Waals surface area contributed by atoms with E-state index in [4.69, 9.17) is 4.74 Å². The van der Waals surface area contributed by atoms with Gasteiger partial charge >= 0.3 is 0 Å². The Morgan fingerprint density at radius 3 is 2.43 bits per heavy atom. The van der Waals surface area contributed by atoms with Crippen LogP contribution in [-0.4, -0.2) is 46.6 Å². The van der Waals surface area contributed by atoms with E-state index in [-0.39, 0.29) is 16.8 Å². The topological polar surface area (TPSA) is 70.5 Å². The quantitative estimate of drug-likeness (QED) is 0.623. The van der Waals surface area contributed by atoms with Crippen LogP contribution in [-0.2, 0) is 0 Å². The van der Waals surface area contributed by atoms with Gasteiger partial charge in [-0.15, -0.1) is 10.2 Å². The molecule has 1 saturated heterocycles. The molecule has 2 N–H and O–H groups in total. The molecule has 0 spiro atoms. The lowest BCUT2D eigenvalue weighted by Gasteiger charge is -2.48. The van der Waals surface area contributed by atoms with Crippen molar-refractivity contribution in [1.29, 1.82) is 0 Å². The molecule has 2 heterocycles. The number of hydrogen-bond donors (Lipinski definition) is 2. The van der Waals surface area contributed by atoms with Gasteiger partial charge in [0.25, 0.3) is 0 Å². The average Bonchev–Trinajstić information content (AvgIpc) is 3.13. The van der Waals surface area contributed by atoms with Gasteiger partial charge in [0.15, 0.2) is 5.01 Å². The van der Waals surface area contributed by atoms with Gasteiger partial charge in [-0.2, -0.15) is 0 Å². The molecule has 7 heteroatoms. The van der Waals surface area contributed by atoms with Crippen LogP contribution in [0.1, 0.15) is 40.5 Å². The number of nitrogens with one attached hydrogen (secondary N) is 1. The molecule has 0 atom stereocenters. The van der Waals surface area contributed by atoms with E-state index in [1.165, 1.54) is 0 Å². The van der Waals surface area contributed by atoms with Crippen LogP contribution in [0.5, 0.6) is 11.5 Å². The maximum absolute atomic E-state index is 9.77. The van der Waals surface area contributed by atoms with Crippen LogP contribution in [0.3, 0.4) is 0 Å². The Labute approximate surface area is 181 Å². The number of phenols is 1. The first-order valence-electron chi connectivity index (χ1n) is 10.2. The van der Waals surface area contributed by atoms with Crippen LogP contribution in [0.4, 0.5) is 5.13 Å². The van der Waals surface area contributed by atoms with Crippen molar-refractivity contribution in [2.45, 2.75) is 57.7 Å². The highest BCUT2D eigenvalue weighted by Gasteiger charge is 2.39. The summed E-state index contributed by atoms with van der Waals surface area (Å²) in [5.41, 5.74) is 1.06. The van der Waals surface area contributed by atoms with E-state index in [0.29, 0.717) is 6.04 Å². The van der Waals surface area contributed by atoms with Crippen molar-refractivity contribution in [3.05, 3.63) is 30.3 Å². The molecule has 1 aliphatic heterocycles. The Kier molecular flexibility index (Phi) is 5.14. The fourth-order valence-corrected chi connectivity index (χ4v) is 5.66. The van der Waals surface area contributed by atoms with Gasteiger partial charge in [-0.1, -0.05) is 17.4 Å². The summed E-state index contributed by atoms with van der Waals surface area (Å²) < 4.78 is 5.62. The summed E-state index contributed by atoms with van der Waals surface area (Å²) in [6.45, 7) is 9.05. The normalized spacial score (nSPS) is 18.5. The van der Waals surface area contributed by atoms with Crippen molar-refractivity contribution < 1.29 is 9.84 Å². The van der Waals surface area contributed by atoms with Gasteiger partial charge in [0.05, 0.1) is 12.7 Å². The van der Waals surface area contributed by atoms with Crippen molar-refractivity contribution >= 4 is 27.2 Å². The Balaban J connectivity index is 1.66. The van der Waals surface area contributed by atoms with E-state index in [1.807, 2.05) is 12.1 Å². The average molecular weight is 427 g/mol. The third-order valence-corrected chi connectivity index (χ3v) is 6.85. The lowest BCUT2D eigenvalue weighted by atomic mass is 9.79. The summed E-state index contributed by atoms with van der Waals surface area (Å²) >= 11 is 1.58. The molecule has 30 heavy (non-hydrogen) atoms. The Morgan fingerprint density at radius 2 is 1.77 bits per heavy atom. The largest absolute Gasteiger partial charge is 0.508 e. The van der Waals surface area contributed by atoms with Crippen LogP contribution >= 0.6 is 11.3 Å². The first-order valence-corrected chi connectivity index (χ1v) is 11.1. The summed E-state index contributed by atoms with van der Waals surface area (Å²) in [5, 5.41) is 26.2. The number of ether oxygens (including phenoxy) is 1. The molecule has 1 fully saturated rings. The first kappa shape index (κ1) is 20.9. The number of methoxy groups -OCH3 is 1. The van der Waals surface area contributed by atoms with Crippen LogP contribution in [0.25, 0.3) is 21.3 Å². The minimum Gasteiger partial charge on any atom is -0.508 e. The van der Waals surface area contributed by atoms with Gasteiger partial charge in [0, 0.05) is 24.2 Å². The molecule has 1 aromatic heterocycles. The molecule has 0 amide bonds. The molecule has 4 rings (SSSR count). The number of aromatic hydroxyl groups is 1. The molecule has 0 saturated carbocycles. The van der Waals surface area contributed by atoms with Gasteiger partial charge in [-0.25, -0.2) is 0 Å². The third-order valence-electron chi connectivity index (χ3n) is 5.81. The number of benzene rings is 2. The minimum absolute atomic E-state index is 0.0708. The van der Waals surface area contributed by atoms with Gasteiger partial charge in [-0.3, -0.25) is 0 Å². The van der Waals surface area contributed by atoms with Crippen molar-refractivity contribution in [2.24, 2.45) is 0 Å². The zero-order chi connectivity index (χ0) is 21.7. The fourth-order valence-electron chi connectivity index (χ4n) is 4.77. The molecule has 1 aliphatic rings. The Bertz CT molecular complexity index is 1060. The number of anilines is 1. The highest BCUT2D eigenvalue weighted by Crippen LogP contribution is 2.40. The predicted molar refractivity (Wildman–Crippen MR) is 124 cm³/mol. The van der Waals surface area contributed by atoms with E-state index >= 15 is 0 Å². The molecule has 0 unspecified atom stereocenters. The van der Waals surface area contributed by atoms with Crippen LogP contribution in [0.15, 0.2) is 30.3 Å². The highest BCUT2D eigenvalue weighted by molar-refractivity contribution is 7.18. The number of rotatable bonds is 4. The van der Waals surface area contributed by atoms with Gasteiger partial charge in [0.1, 0.15) is 11.5 Å². The predicted octanol–water partition coefficient (Wildman–Crippen LogP) is 4.82. The number of piperidine rings is 1. The van der Waals surface area contributed by atoms with Gasteiger partial charge in [0.2, 0.25) is 5.13 Å². The Morgan fingerprint density at radius 1 is 1.07 bits per heavy atom. The number of hydrogen-bond acceptors (Lipinski definition) is 7. The van der Waals surface area contributed by atoms with Crippen LogP contribution in [0.2, 0.25) is 0 Å². The lowest BCUT2D eigenvalue weighted by Crippen LogP contribution is -2.61. The molecule has 0 radical (unpaired) electrons. The highest BCUT2D eigenvalue weighted by atomic mass is 32.1. The fraction of sp³-hybridized carbons (Fsp3) is 0.478. The van der Waals surface area contributed by atoms with E-state index in [2.05, 4.69) is 61.2 Å². The van der Waals surface area contributed by atoms with Crippen molar-refractivity contribution in [3.8, 4) is 22.1 Å². The molecule has 0 bridgehead atoms. The molecular formula is C23H30N4O2S. The Hall–Kier alpha value is -2.38. The number of fused-ring (bicyclic) bond motifs is 1. The number of phenolic OH excluding ortho intramolecular Hbond substituents is 1. The maximum atomic E-state index is 9.77.